The summed E-state index contributed by atoms with van der Waals surface area (Å²) in [6.07, 6.45) is 10.9. The highest BCUT2D eigenvalue weighted by molar-refractivity contribution is 5.81. The molecule has 0 N–H and O–H groups in total. The van der Waals surface area contributed by atoms with Gasteiger partial charge in [0.05, 0.1) is 25.9 Å². The topological polar surface area (TPSA) is 54.0 Å². The number of hydrogen-bond acceptors (Lipinski definition) is 5. The first kappa shape index (κ1) is 20.0. The van der Waals surface area contributed by atoms with Crippen molar-refractivity contribution in [2.75, 3.05) is 20.3 Å². The van der Waals surface area contributed by atoms with Crippen molar-refractivity contribution < 1.29 is 28.1 Å². The summed E-state index contributed by atoms with van der Waals surface area (Å²) in [7, 11) is 1.38. The van der Waals surface area contributed by atoms with E-state index in [1.165, 1.54) is 19.3 Å². The van der Waals surface area contributed by atoms with E-state index >= 15 is 0 Å². The Balaban J connectivity index is 1.32. The van der Waals surface area contributed by atoms with Crippen LogP contribution < -0.4 is 4.74 Å². The van der Waals surface area contributed by atoms with E-state index in [1.54, 1.807) is 6.07 Å². The molecular weight excluding hydrogens is 387 g/mol. The van der Waals surface area contributed by atoms with Gasteiger partial charge in [0, 0.05) is 29.4 Å². The summed E-state index contributed by atoms with van der Waals surface area (Å²) in [6, 6.07) is 5.00. The minimum absolute atomic E-state index is 0.0888. The number of allylic oxidation sites excluding steroid dienone is 1. The van der Waals surface area contributed by atoms with Gasteiger partial charge in [0.1, 0.15) is 11.6 Å². The second-order valence-electron chi connectivity index (χ2n) is 9.21. The van der Waals surface area contributed by atoms with Crippen LogP contribution >= 0.6 is 0 Å². The molecule has 1 spiro atoms. The van der Waals surface area contributed by atoms with Gasteiger partial charge in [-0.2, -0.15) is 0 Å². The Morgan fingerprint density at radius 1 is 1.30 bits per heavy atom. The zero-order chi connectivity index (χ0) is 20.8. The molecule has 0 amide bonds. The molecular formula is C24H29FO5. The highest BCUT2D eigenvalue weighted by atomic mass is 19.1. The summed E-state index contributed by atoms with van der Waals surface area (Å²) in [5.74, 6) is -0.0958. The summed E-state index contributed by atoms with van der Waals surface area (Å²) in [5.41, 5.74) is 0.702. The molecule has 1 aromatic carbocycles. The average Bonchev–Trinajstić information content (AvgIpc) is 3.38. The SMILES string of the molecule is COC(=O)/C=C/CCC12COC3(c4cc(F)cc(OC5CCCCO5)c4)CCC13C2. The molecule has 4 fully saturated rings. The maximum Gasteiger partial charge on any atom is 0.330 e. The van der Waals surface area contributed by atoms with Gasteiger partial charge in [-0.15, -0.1) is 0 Å². The standard InChI is InChI=1S/C24H29FO5/c1-27-20(26)6-2-4-8-22-15-23(22)9-10-24(23,29-16-22)17-12-18(25)14-19(13-17)30-21-7-3-5-11-28-21/h2,6,12-14,21H,3-5,7-11,15-16H2,1H3/b6-2+. The second-order valence-corrected chi connectivity index (χ2v) is 9.21. The normalized spacial score (nSPS) is 36.7. The van der Waals surface area contributed by atoms with Gasteiger partial charge in [-0.05, 0) is 62.6 Å². The maximum atomic E-state index is 14.5. The van der Waals surface area contributed by atoms with Crippen LogP contribution in [-0.2, 0) is 24.6 Å². The zero-order valence-electron chi connectivity index (χ0n) is 17.5. The first-order valence-corrected chi connectivity index (χ1v) is 11.0. The molecule has 162 valence electrons. The van der Waals surface area contributed by atoms with Crippen molar-refractivity contribution in [3.05, 3.63) is 41.7 Å². The molecule has 2 heterocycles. The van der Waals surface area contributed by atoms with E-state index in [2.05, 4.69) is 4.74 Å². The Kier molecular flexibility index (Phi) is 4.90. The van der Waals surface area contributed by atoms with Crippen LogP contribution in [0.15, 0.2) is 30.4 Å². The minimum Gasteiger partial charge on any atom is -0.466 e. The first-order chi connectivity index (χ1) is 14.5. The number of carbonyl (C=O) groups is 1. The van der Waals surface area contributed by atoms with E-state index in [0.29, 0.717) is 19.0 Å². The van der Waals surface area contributed by atoms with Crippen LogP contribution in [0.3, 0.4) is 0 Å². The van der Waals surface area contributed by atoms with Crippen molar-refractivity contribution in [2.24, 2.45) is 10.8 Å². The molecule has 1 aromatic rings. The van der Waals surface area contributed by atoms with Crippen LogP contribution in [0.5, 0.6) is 5.75 Å². The molecule has 2 aliphatic heterocycles. The number of esters is 1. The fraction of sp³-hybridized carbons (Fsp3) is 0.625. The molecule has 0 aromatic heterocycles. The second kappa shape index (κ2) is 7.34. The van der Waals surface area contributed by atoms with Gasteiger partial charge in [0.25, 0.3) is 0 Å². The van der Waals surface area contributed by atoms with E-state index in [4.69, 9.17) is 14.2 Å². The quantitative estimate of drug-likeness (QED) is 0.479. The van der Waals surface area contributed by atoms with Gasteiger partial charge in [0.15, 0.2) is 6.29 Å². The van der Waals surface area contributed by atoms with Gasteiger partial charge in [-0.1, -0.05) is 6.08 Å². The predicted molar refractivity (Wildman–Crippen MR) is 107 cm³/mol. The summed E-state index contributed by atoms with van der Waals surface area (Å²) in [6.45, 7) is 1.38. The Morgan fingerprint density at radius 2 is 2.20 bits per heavy atom. The van der Waals surface area contributed by atoms with Crippen LogP contribution in [0.1, 0.15) is 56.9 Å². The molecule has 5 rings (SSSR count). The van der Waals surface area contributed by atoms with Gasteiger partial charge in [-0.3, -0.25) is 0 Å². The number of hydrogen-bond donors (Lipinski definition) is 0. The lowest BCUT2D eigenvalue weighted by Crippen LogP contribution is -2.46. The van der Waals surface area contributed by atoms with Crippen LogP contribution in [0, 0.1) is 16.6 Å². The summed E-state index contributed by atoms with van der Waals surface area (Å²) >= 11 is 0. The van der Waals surface area contributed by atoms with Crippen molar-refractivity contribution in [3.8, 4) is 5.75 Å². The highest BCUT2D eigenvalue weighted by Crippen LogP contribution is 2.87. The van der Waals surface area contributed by atoms with Crippen molar-refractivity contribution in [1.82, 2.24) is 0 Å². The zero-order valence-corrected chi connectivity index (χ0v) is 17.5. The minimum atomic E-state index is -0.410. The van der Waals surface area contributed by atoms with Crippen molar-refractivity contribution >= 4 is 5.97 Å². The molecule has 30 heavy (non-hydrogen) atoms. The van der Waals surface area contributed by atoms with Crippen molar-refractivity contribution in [2.45, 2.75) is 63.3 Å². The number of methoxy groups -OCH3 is 1. The fourth-order valence-corrected chi connectivity index (χ4v) is 6.10. The lowest BCUT2D eigenvalue weighted by Gasteiger charge is -2.48. The lowest BCUT2D eigenvalue weighted by molar-refractivity contribution is -0.134. The van der Waals surface area contributed by atoms with Crippen LogP contribution in [0.25, 0.3) is 0 Å². The Hall–Kier alpha value is -1.92. The number of halogens is 1. The molecule has 6 heteroatoms. The Labute approximate surface area is 176 Å². The Morgan fingerprint density at radius 3 is 2.93 bits per heavy atom. The van der Waals surface area contributed by atoms with Gasteiger partial charge >= 0.3 is 5.97 Å². The number of carbonyl (C=O) groups excluding carboxylic acids is 1. The predicted octanol–water partition coefficient (Wildman–Crippen LogP) is 4.64. The molecule has 2 saturated heterocycles. The van der Waals surface area contributed by atoms with E-state index in [1.807, 2.05) is 12.1 Å². The first-order valence-electron chi connectivity index (χ1n) is 11.0. The van der Waals surface area contributed by atoms with Gasteiger partial charge in [-0.25, -0.2) is 9.18 Å². The van der Waals surface area contributed by atoms with E-state index in [-0.39, 0.29) is 28.9 Å². The molecule has 2 saturated carbocycles. The number of rotatable bonds is 7. The number of ether oxygens (including phenoxy) is 4. The summed E-state index contributed by atoms with van der Waals surface area (Å²) in [5, 5.41) is 0. The van der Waals surface area contributed by atoms with Crippen LogP contribution in [0.4, 0.5) is 4.39 Å². The van der Waals surface area contributed by atoms with Crippen molar-refractivity contribution in [3.63, 3.8) is 0 Å². The van der Waals surface area contributed by atoms with E-state index in [0.717, 1.165) is 56.9 Å². The largest absolute Gasteiger partial charge is 0.466 e. The molecule has 0 radical (unpaired) electrons. The molecule has 4 unspecified atom stereocenters. The molecule has 2 aliphatic carbocycles. The summed E-state index contributed by atoms with van der Waals surface area (Å²) < 4.78 is 37.2. The smallest absolute Gasteiger partial charge is 0.330 e. The molecule has 4 aliphatic rings. The molecule has 5 nitrogen and oxygen atoms in total. The number of benzene rings is 1. The van der Waals surface area contributed by atoms with Gasteiger partial charge in [0.2, 0.25) is 0 Å². The molecule has 4 atom stereocenters. The third-order valence-electron chi connectivity index (χ3n) is 7.79. The van der Waals surface area contributed by atoms with Gasteiger partial charge < -0.3 is 18.9 Å². The maximum absolute atomic E-state index is 14.5. The summed E-state index contributed by atoms with van der Waals surface area (Å²) in [4.78, 5) is 11.3. The van der Waals surface area contributed by atoms with E-state index in [9.17, 15) is 9.18 Å². The molecule has 0 bridgehead atoms. The van der Waals surface area contributed by atoms with Crippen LogP contribution in [-0.4, -0.2) is 32.6 Å². The van der Waals surface area contributed by atoms with Crippen molar-refractivity contribution in [1.29, 1.82) is 0 Å². The highest BCUT2D eigenvalue weighted by Gasteiger charge is 2.84. The fourth-order valence-electron chi connectivity index (χ4n) is 6.10. The average molecular weight is 416 g/mol. The van der Waals surface area contributed by atoms with E-state index < -0.39 is 5.60 Å². The monoisotopic (exact) mass is 416 g/mol. The van der Waals surface area contributed by atoms with Crippen LogP contribution in [0.2, 0.25) is 0 Å². The Bertz CT molecular complexity index is 859. The third-order valence-corrected chi connectivity index (χ3v) is 7.79. The lowest BCUT2D eigenvalue weighted by atomic mass is 9.60. The third kappa shape index (κ3) is 2.99.